The highest BCUT2D eigenvalue weighted by Crippen LogP contribution is 2.37. The molecule has 0 radical (unpaired) electrons. The van der Waals surface area contributed by atoms with Gasteiger partial charge < -0.3 is 25.6 Å². The Balaban J connectivity index is 1.61. The fraction of sp³-hybridized carbons (Fsp3) is 0.393. The lowest BCUT2D eigenvalue weighted by Gasteiger charge is -2.22. The van der Waals surface area contributed by atoms with Crippen LogP contribution < -0.4 is 25.0 Å². The van der Waals surface area contributed by atoms with Gasteiger partial charge in [-0.1, -0.05) is 23.7 Å². The molecule has 238 valence electrons. The molecule has 1 atom stereocenters. The van der Waals surface area contributed by atoms with E-state index in [9.17, 15) is 26.4 Å². The standard InChI is InChI=1S/C28H33ClF3N7O4S/c1-16-6-7-17(23(10-16)39(3)44(5,41)42)13-33-25-20(28(30,31)32)14-34-27(37-25)36-22-12-21(29)19(11-24(22)43-4)26(40)35-18-8-9-38(2)15-18/h6-7,10-12,14,18H,8-9,13,15H2,1-5H3,(H,35,40)(H2,33,34,36,37)/t18-/m1/s1. The number of ether oxygens (including phenoxy) is 1. The van der Waals surface area contributed by atoms with E-state index in [1.807, 2.05) is 7.05 Å². The first-order valence-corrected chi connectivity index (χ1v) is 15.6. The SMILES string of the molecule is COc1cc(C(=O)N[C@@H]2CCN(C)C2)c(Cl)cc1Nc1ncc(C(F)(F)F)c(NCc2ccc(C)cc2N(C)S(C)(=O)=O)n1. The Kier molecular flexibility index (Phi) is 9.80. The molecule has 1 saturated heterocycles. The molecule has 0 unspecified atom stereocenters. The van der Waals surface area contributed by atoms with E-state index >= 15 is 0 Å². The van der Waals surface area contributed by atoms with Crippen molar-refractivity contribution in [1.29, 1.82) is 0 Å². The van der Waals surface area contributed by atoms with E-state index in [2.05, 4.69) is 30.8 Å². The van der Waals surface area contributed by atoms with E-state index in [4.69, 9.17) is 16.3 Å². The summed E-state index contributed by atoms with van der Waals surface area (Å²) in [5.41, 5.74) is 0.776. The monoisotopic (exact) mass is 655 g/mol. The van der Waals surface area contributed by atoms with Gasteiger partial charge in [-0.15, -0.1) is 0 Å². The van der Waals surface area contributed by atoms with Crippen LogP contribution in [0.3, 0.4) is 0 Å². The lowest BCUT2D eigenvalue weighted by atomic mass is 10.1. The number of likely N-dealkylation sites (tertiary alicyclic amines) is 1. The highest BCUT2D eigenvalue weighted by atomic mass is 35.5. The van der Waals surface area contributed by atoms with Gasteiger partial charge in [-0.3, -0.25) is 9.10 Å². The number of hydrogen-bond donors (Lipinski definition) is 3. The maximum absolute atomic E-state index is 13.9. The number of sulfonamides is 1. The van der Waals surface area contributed by atoms with Crippen molar-refractivity contribution in [3.63, 3.8) is 0 Å². The van der Waals surface area contributed by atoms with Gasteiger partial charge in [0, 0.05) is 32.4 Å². The van der Waals surface area contributed by atoms with E-state index in [0.717, 1.165) is 29.1 Å². The van der Waals surface area contributed by atoms with Gasteiger partial charge in [0.1, 0.15) is 17.1 Å². The largest absolute Gasteiger partial charge is 0.495 e. The lowest BCUT2D eigenvalue weighted by Crippen LogP contribution is -2.36. The third kappa shape index (κ3) is 7.81. The molecule has 1 fully saturated rings. The zero-order valence-corrected chi connectivity index (χ0v) is 26.3. The predicted molar refractivity (Wildman–Crippen MR) is 163 cm³/mol. The highest BCUT2D eigenvalue weighted by molar-refractivity contribution is 7.92. The quantitative estimate of drug-likeness (QED) is 0.286. The van der Waals surface area contributed by atoms with E-state index in [1.54, 1.807) is 25.1 Å². The van der Waals surface area contributed by atoms with Gasteiger partial charge in [0.05, 0.1) is 35.3 Å². The van der Waals surface area contributed by atoms with Crippen LogP contribution in [-0.2, 0) is 22.7 Å². The number of aromatic nitrogens is 2. The Morgan fingerprint density at radius 3 is 2.59 bits per heavy atom. The van der Waals surface area contributed by atoms with Crippen LogP contribution in [0.2, 0.25) is 5.02 Å². The molecule has 11 nitrogen and oxygen atoms in total. The molecule has 1 aromatic heterocycles. The van der Waals surface area contributed by atoms with Crippen LogP contribution >= 0.6 is 11.6 Å². The molecule has 0 bridgehead atoms. The summed E-state index contributed by atoms with van der Waals surface area (Å²) in [6.07, 6.45) is -2.32. The zero-order chi connectivity index (χ0) is 32.4. The molecule has 2 heterocycles. The van der Waals surface area contributed by atoms with Gasteiger partial charge in [-0.2, -0.15) is 18.2 Å². The van der Waals surface area contributed by atoms with E-state index in [-0.39, 0.29) is 46.5 Å². The van der Waals surface area contributed by atoms with Crippen LogP contribution in [0.15, 0.2) is 36.5 Å². The van der Waals surface area contributed by atoms with Crippen molar-refractivity contribution in [2.24, 2.45) is 0 Å². The second-order valence-electron chi connectivity index (χ2n) is 10.5. The van der Waals surface area contributed by atoms with Crippen molar-refractivity contribution >= 4 is 50.7 Å². The number of halogens is 4. The molecule has 1 aliphatic rings. The number of amides is 1. The maximum atomic E-state index is 13.9. The smallest absolute Gasteiger partial charge is 0.421 e. The molecule has 1 amide bonds. The summed E-state index contributed by atoms with van der Waals surface area (Å²) in [4.78, 5) is 22.9. The van der Waals surface area contributed by atoms with E-state index in [1.165, 1.54) is 26.3 Å². The third-order valence-corrected chi connectivity index (χ3v) is 8.63. The number of anilines is 4. The van der Waals surface area contributed by atoms with Gasteiger partial charge in [0.2, 0.25) is 16.0 Å². The summed E-state index contributed by atoms with van der Waals surface area (Å²) in [5.74, 6) is -0.937. The first kappa shape index (κ1) is 33.1. The topological polar surface area (TPSA) is 129 Å². The lowest BCUT2D eigenvalue weighted by molar-refractivity contribution is -0.137. The van der Waals surface area contributed by atoms with E-state index in [0.29, 0.717) is 24.0 Å². The average molecular weight is 656 g/mol. The molecule has 3 N–H and O–H groups in total. The predicted octanol–water partition coefficient (Wildman–Crippen LogP) is 4.65. The van der Waals surface area contributed by atoms with Crippen molar-refractivity contribution in [2.45, 2.75) is 32.1 Å². The van der Waals surface area contributed by atoms with Gasteiger partial charge in [0.15, 0.2) is 0 Å². The number of benzene rings is 2. The van der Waals surface area contributed by atoms with Gasteiger partial charge >= 0.3 is 6.18 Å². The molecule has 16 heteroatoms. The Bertz CT molecular complexity index is 1660. The number of aryl methyl sites for hydroxylation is 1. The summed E-state index contributed by atoms with van der Waals surface area (Å²) in [6.45, 7) is 3.17. The summed E-state index contributed by atoms with van der Waals surface area (Å²) in [7, 11) is 1.06. The molecular formula is C28H33ClF3N7O4S. The Labute approximate surface area is 258 Å². The normalized spacial score (nSPS) is 15.6. The second-order valence-corrected chi connectivity index (χ2v) is 13.0. The molecule has 2 aromatic carbocycles. The van der Waals surface area contributed by atoms with Crippen LogP contribution in [0.1, 0.15) is 33.5 Å². The molecule has 0 spiro atoms. The van der Waals surface area contributed by atoms with Crippen molar-refractivity contribution in [2.75, 3.05) is 55.5 Å². The van der Waals surface area contributed by atoms with E-state index < -0.39 is 27.6 Å². The summed E-state index contributed by atoms with van der Waals surface area (Å²) < 4.78 is 72.5. The van der Waals surface area contributed by atoms with Crippen LogP contribution in [0.5, 0.6) is 5.75 Å². The minimum Gasteiger partial charge on any atom is -0.495 e. The number of nitrogens with one attached hydrogen (secondary N) is 3. The Morgan fingerprint density at radius 2 is 1.98 bits per heavy atom. The minimum absolute atomic E-state index is 0.0263. The Hall–Kier alpha value is -3.82. The molecule has 0 saturated carbocycles. The minimum atomic E-state index is -4.79. The number of carbonyl (C=O) groups is 1. The molecule has 4 rings (SSSR count). The molecule has 0 aliphatic carbocycles. The number of hydrogen-bond acceptors (Lipinski definition) is 9. The summed E-state index contributed by atoms with van der Waals surface area (Å²) >= 11 is 6.44. The van der Waals surface area contributed by atoms with Gasteiger partial charge in [0.25, 0.3) is 5.91 Å². The second kappa shape index (κ2) is 13.0. The summed E-state index contributed by atoms with van der Waals surface area (Å²) in [5, 5.41) is 8.54. The van der Waals surface area contributed by atoms with Crippen LogP contribution in [-0.4, -0.2) is 75.8 Å². The fourth-order valence-electron chi connectivity index (χ4n) is 4.69. The van der Waals surface area contributed by atoms with Crippen LogP contribution in [0.25, 0.3) is 0 Å². The molecule has 3 aromatic rings. The van der Waals surface area contributed by atoms with Crippen LogP contribution in [0.4, 0.5) is 36.3 Å². The maximum Gasteiger partial charge on any atom is 0.421 e. The average Bonchev–Trinajstić information content (AvgIpc) is 3.35. The zero-order valence-electron chi connectivity index (χ0n) is 24.7. The fourth-order valence-corrected chi connectivity index (χ4v) is 5.47. The van der Waals surface area contributed by atoms with Gasteiger partial charge in [-0.05, 0) is 56.3 Å². The van der Waals surface area contributed by atoms with Crippen molar-refractivity contribution in [1.82, 2.24) is 20.2 Å². The first-order valence-electron chi connectivity index (χ1n) is 13.4. The third-order valence-electron chi connectivity index (χ3n) is 7.12. The number of carbonyl (C=O) groups excluding carboxylic acids is 1. The summed E-state index contributed by atoms with van der Waals surface area (Å²) in [6, 6.07) is 7.79. The molecular weight excluding hydrogens is 623 g/mol. The van der Waals surface area contributed by atoms with Crippen LogP contribution in [0, 0.1) is 6.92 Å². The first-order chi connectivity index (χ1) is 20.6. The number of nitrogens with zero attached hydrogens (tertiary/aromatic N) is 4. The van der Waals surface area contributed by atoms with Crippen molar-refractivity contribution in [3.05, 3.63) is 63.8 Å². The Morgan fingerprint density at radius 1 is 1.25 bits per heavy atom. The van der Waals surface area contributed by atoms with Gasteiger partial charge in [-0.25, -0.2) is 13.4 Å². The highest BCUT2D eigenvalue weighted by Gasteiger charge is 2.35. The van der Waals surface area contributed by atoms with Crippen molar-refractivity contribution in [3.8, 4) is 5.75 Å². The number of likely N-dealkylation sites (N-methyl/N-ethyl adjacent to an activating group) is 1. The number of alkyl halides is 3. The number of rotatable bonds is 10. The van der Waals surface area contributed by atoms with Crippen molar-refractivity contribution < 1.29 is 31.1 Å². The molecule has 44 heavy (non-hydrogen) atoms. The molecule has 1 aliphatic heterocycles. The number of methoxy groups -OCH3 is 1.